The fourth-order valence-electron chi connectivity index (χ4n) is 1.96. The number of ether oxygens (including phenoxy) is 1. The average Bonchev–Trinajstić information content (AvgIpc) is 2.81. The van der Waals surface area contributed by atoms with Gasteiger partial charge in [-0.25, -0.2) is 5.43 Å². The molecule has 116 valence electrons. The van der Waals surface area contributed by atoms with Gasteiger partial charge in [-0.05, 0) is 50.6 Å². The zero-order valence-electron chi connectivity index (χ0n) is 12.7. The van der Waals surface area contributed by atoms with Gasteiger partial charge in [0.15, 0.2) is 11.5 Å². The molecular formula is C16H18N2O4. The first-order valence-corrected chi connectivity index (χ1v) is 6.87. The summed E-state index contributed by atoms with van der Waals surface area (Å²) in [6.45, 7) is 5.78. The molecule has 2 rings (SSSR count). The van der Waals surface area contributed by atoms with Crippen molar-refractivity contribution in [1.29, 1.82) is 0 Å². The highest BCUT2D eigenvalue weighted by atomic mass is 16.5. The minimum atomic E-state index is -0.339. The van der Waals surface area contributed by atoms with Gasteiger partial charge in [-0.15, -0.1) is 0 Å². The fourth-order valence-corrected chi connectivity index (χ4v) is 1.96. The second kappa shape index (κ2) is 6.80. The van der Waals surface area contributed by atoms with E-state index in [1.807, 2.05) is 6.92 Å². The maximum atomic E-state index is 11.9. The summed E-state index contributed by atoms with van der Waals surface area (Å²) in [4.78, 5) is 11.9. The molecule has 0 bridgehead atoms. The molecule has 0 radical (unpaired) electrons. The van der Waals surface area contributed by atoms with E-state index < -0.39 is 0 Å². The van der Waals surface area contributed by atoms with Crippen LogP contribution in [0.3, 0.4) is 0 Å². The summed E-state index contributed by atoms with van der Waals surface area (Å²) in [6, 6.07) is 6.48. The summed E-state index contributed by atoms with van der Waals surface area (Å²) in [5, 5.41) is 13.5. The lowest BCUT2D eigenvalue weighted by molar-refractivity contribution is 0.0953. The van der Waals surface area contributed by atoms with E-state index in [1.165, 1.54) is 12.3 Å². The molecule has 0 unspecified atom stereocenters. The summed E-state index contributed by atoms with van der Waals surface area (Å²) in [6.07, 6.45) is 1.47. The molecule has 0 spiro atoms. The van der Waals surface area contributed by atoms with Crippen LogP contribution in [0.5, 0.6) is 11.5 Å². The van der Waals surface area contributed by atoms with Crippen LogP contribution in [0.15, 0.2) is 33.8 Å². The topological polar surface area (TPSA) is 84.1 Å². The van der Waals surface area contributed by atoms with Gasteiger partial charge in [0.1, 0.15) is 11.5 Å². The Labute approximate surface area is 128 Å². The molecule has 1 amide bonds. The number of phenolic OH excluding ortho intramolecular Hbond substituents is 1. The number of furan rings is 1. The van der Waals surface area contributed by atoms with Gasteiger partial charge >= 0.3 is 0 Å². The van der Waals surface area contributed by atoms with Crippen molar-refractivity contribution >= 4 is 12.1 Å². The van der Waals surface area contributed by atoms with Gasteiger partial charge < -0.3 is 14.3 Å². The molecule has 22 heavy (non-hydrogen) atoms. The van der Waals surface area contributed by atoms with Gasteiger partial charge in [0.2, 0.25) is 0 Å². The van der Waals surface area contributed by atoms with Crippen LogP contribution in [0, 0.1) is 13.8 Å². The lowest BCUT2D eigenvalue weighted by atomic mass is 10.2. The lowest BCUT2D eigenvalue weighted by Gasteiger charge is -2.05. The van der Waals surface area contributed by atoms with Crippen molar-refractivity contribution < 1.29 is 19.1 Å². The second-order valence-electron chi connectivity index (χ2n) is 4.69. The van der Waals surface area contributed by atoms with Gasteiger partial charge in [0.05, 0.1) is 18.4 Å². The first-order chi connectivity index (χ1) is 10.5. The molecule has 0 saturated carbocycles. The van der Waals surface area contributed by atoms with Crippen molar-refractivity contribution in [2.24, 2.45) is 5.10 Å². The van der Waals surface area contributed by atoms with Crippen LogP contribution >= 0.6 is 0 Å². The number of rotatable bonds is 5. The van der Waals surface area contributed by atoms with Gasteiger partial charge in [0, 0.05) is 0 Å². The Kier molecular flexibility index (Phi) is 4.83. The molecule has 0 aliphatic rings. The van der Waals surface area contributed by atoms with E-state index in [1.54, 1.807) is 32.0 Å². The van der Waals surface area contributed by atoms with E-state index in [9.17, 15) is 9.90 Å². The second-order valence-corrected chi connectivity index (χ2v) is 4.69. The van der Waals surface area contributed by atoms with Gasteiger partial charge in [-0.3, -0.25) is 4.79 Å². The fraction of sp³-hybridized carbons (Fsp3) is 0.250. The third-order valence-electron chi connectivity index (χ3n) is 2.95. The third kappa shape index (κ3) is 3.66. The summed E-state index contributed by atoms with van der Waals surface area (Å²) in [5.41, 5.74) is 3.58. The van der Waals surface area contributed by atoms with Crippen LogP contribution in [0.4, 0.5) is 0 Å². The summed E-state index contributed by atoms with van der Waals surface area (Å²) in [5.74, 6) is 1.32. The number of aryl methyl sites for hydroxylation is 2. The summed E-state index contributed by atoms with van der Waals surface area (Å²) < 4.78 is 10.6. The Morgan fingerprint density at radius 3 is 2.82 bits per heavy atom. The third-order valence-corrected chi connectivity index (χ3v) is 2.95. The number of nitrogens with one attached hydrogen (secondary N) is 1. The van der Waals surface area contributed by atoms with Crippen LogP contribution < -0.4 is 10.2 Å². The molecule has 6 heteroatoms. The SMILES string of the molecule is CCOc1cc(/C=N\NC(=O)c2cc(C)oc2C)ccc1O. The largest absolute Gasteiger partial charge is 0.504 e. The monoisotopic (exact) mass is 302 g/mol. The molecule has 0 aliphatic carbocycles. The standard InChI is InChI=1S/C16H18N2O4/c1-4-21-15-8-12(5-6-14(15)19)9-17-18-16(20)13-7-10(2)22-11(13)3/h5-9,19H,4H2,1-3H3,(H,18,20)/b17-9-. The number of phenols is 1. The molecule has 0 aliphatic heterocycles. The zero-order valence-corrected chi connectivity index (χ0v) is 12.7. The normalized spacial score (nSPS) is 10.9. The van der Waals surface area contributed by atoms with Crippen molar-refractivity contribution in [2.75, 3.05) is 6.61 Å². The molecule has 0 saturated heterocycles. The first kappa shape index (κ1) is 15.6. The Morgan fingerprint density at radius 1 is 1.41 bits per heavy atom. The van der Waals surface area contributed by atoms with Crippen LogP contribution in [0.1, 0.15) is 34.4 Å². The van der Waals surface area contributed by atoms with Gasteiger partial charge in [-0.2, -0.15) is 5.10 Å². The van der Waals surface area contributed by atoms with Gasteiger partial charge in [0.25, 0.3) is 5.91 Å². The number of benzene rings is 1. The summed E-state index contributed by atoms with van der Waals surface area (Å²) in [7, 11) is 0. The Balaban J connectivity index is 2.05. The van der Waals surface area contributed by atoms with Crippen LogP contribution in [-0.2, 0) is 0 Å². The van der Waals surface area contributed by atoms with Crippen molar-refractivity contribution in [1.82, 2.24) is 5.43 Å². The highest BCUT2D eigenvalue weighted by Gasteiger charge is 2.12. The first-order valence-electron chi connectivity index (χ1n) is 6.87. The molecule has 1 aromatic carbocycles. The van der Waals surface area contributed by atoms with Crippen molar-refractivity contribution in [3.05, 3.63) is 46.9 Å². The number of hydrazone groups is 1. The smallest absolute Gasteiger partial charge is 0.274 e. The van der Waals surface area contributed by atoms with Crippen LogP contribution in [0.2, 0.25) is 0 Å². The van der Waals surface area contributed by atoms with Crippen LogP contribution in [0.25, 0.3) is 0 Å². The molecule has 2 aromatic rings. The Bertz CT molecular complexity index is 704. The van der Waals surface area contributed by atoms with Crippen molar-refractivity contribution in [2.45, 2.75) is 20.8 Å². The van der Waals surface area contributed by atoms with E-state index in [-0.39, 0.29) is 11.7 Å². The van der Waals surface area contributed by atoms with Crippen molar-refractivity contribution in [3.63, 3.8) is 0 Å². The lowest BCUT2D eigenvalue weighted by Crippen LogP contribution is -2.17. The van der Waals surface area contributed by atoms with Gasteiger partial charge in [-0.1, -0.05) is 0 Å². The van der Waals surface area contributed by atoms with Crippen LogP contribution in [-0.4, -0.2) is 23.8 Å². The predicted molar refractivity (Wildman–Crippen MR) is 82.5 cm³/mol. The molecule has 0 atom stereocenters. The Hall–Kier alpha value is -2.76. The number of carbonyl (C=O) groups is 1. The average molecular weight is 302 g/mol. The molecule has 1 heterocycles. The molecule has 6 nitrogen and oxygen atoms in total. The molecule has 1 aromatic heterocycles. The molecule has 2 N–H and O–H groups in total. The van der Waals surface area contributed by atoms with E-state index in [4.69, 9.17) is 9.15 Å². The molecular weight excluding hydrogens is 284 g/mol. The van der Waals surface area contributed by atoms with Crippen molar-refractivity contribution in [3.8, 4) is 11.5 Å². The number of amides is 1. The maximum absolute atomic E-state index is 11.9. The summed E-state index contributed by atoms with van der Waals surface area (Å²) >= 11 is 0. The minimum Gasteiger partial charge on any atom is -0.504 e. The zero-order chi connectivity index (χ0) is 16.1. The maximum Gasteiger partial charge on any atom is 0.274 e. The number of nitrogens with zero attached hydrogens (tertiary/aromatic N) is 1. The number of hydrogen-bond donors (Lipinski definition) is 2. The Morgan fingerprint density at radius 2 is 2.18 bits per heavy atom. The highest BCUT2D eigenvalue weighted by Crippen LogP contribution is 2.26. The van der Waals surface area contributed by atoms with E-state index in [2.05, 4.69) is 10.5 Å². The number of hydrogen-bond acceptors (Lipinski definition) is 5. The van der Waals surface area contributed by atoms with E-state index in [0.29, 0.717) is 35.0 Å². The predicted octanol–water partition coefficient (Wildman–Crippen LogP) is 2.76. The molecule has 0 fully saturated rings. The van der Waals surface area contributed by atoms with E-state index >= 15 is 0 Å². The number of aromatic hydroxyl groups is 1. The quantitative estimate of drug-likeness (QED) is 0.657. The minimum absolute atomic E-state index is 0.0625. The highest BCUT2D eigenvalue weighted by molar-refractivity contribution is 5.95. The number of carbonyl (C=O) groups excluding carboxylic acids is 1. The van der Waals surface area contributed by atoms with E-state index in [0.717, 1.165) is 0 Å².